The highest BCUT2D eigenvalue weighted by molar-refractivity contribution is 8.00. The third-order valence-electron chi connectivity index (χ3n) is 3.30. The van der Waals surface area contributed by atoms with Crippen molar-refractivity contribution in [2.24, 2.45) is 5.73 Å². The average Bonchev–Trinajstić information content (AvgIpc) is 2.34. The Morgan fingerprint density at radius 3 is 2.28 bits per heavy atom. The molecule has 0 spiro atoms. The Balaban J connectivity index is 4.22. The molecule has 2 atom stereocenters. The summed E-state index contributed by atoms with van der Waals surface area (Å²) in [7, 11) is 0. The highest BCUT2D eigenvalue weighted by Gasteiger charge is 2.25. The van der Waals surface area contributed by atoms with Gasteiger partial charge in [-0.15, -0.1) is 0 Å². The first kappa shape index (κ1) is 17.8. The maximum absolute atomic E-state index is 10.8. The van der Waals surface area contributed by atoms with Crippen LogP contribution in [0, 0.1) is 0 Å². The lowest BCUT2D eigenvalue weighted by atomic mass is 9.96. The Bertz CT molecular complexity index is 236. The van der Waals surface area contributed by atoms with Crippen molar-refractivity contribution in [3.63, 3.8) is 0 Å². The van der Waals surface area contributed by atoms with E-state index in [9.17, 15) is 4.79 Å². The van der Waals surface area contributed by atoms with Crippen molar-refractivity contribution in [1.29, 1.82) is 0 Å². The molecule has 0 amide bonds. The zero-order valence-corrected chi connectivity index (χ0v) is 12.9. The van der Waals surface area contributed by atoms with E-state index in [-0.39, 0.29) is 4.75 Å². The number of unbranched alkanes of at least 4 members (excludes halogenated alkanes) is 3. The molecule has 1 unspecified atom stereocenters. The highest BCUT2D eigenvalue weighted by atomic mass is 32.2. The minimum Gasteiger partial charge on any atom is -0.480 e. The Kier molecular flexibility index (Phi) is 9.56. The number of carboxylic acids is 1. The topological polar surface area (TPSA) is 63.3 Å². The van der Waals surface area contributed by atoms with Gasteiger partial charge in [-0.2, -0.15) is 11.8 Å². The Morgan fingerprint density at radius 2 is 1.78 bits per heavy atom. The van der Waals surface area contributed by atoms with Gasteiger partial charge in [0.25, 0.3) is 0 Å². The van der Waals surface area contributed by atoms with Crippen LogP contribution < -0.4 is 5.73 Å². The van der Waals surface area contributed by atoms with Crippen LogP contribution in [-0.2, 0) is 4.79 Å². The lowest BCUT2D eigenvalue weighted by molar-refractivity contribution is -0.137. The number of carboxylic acid groups (broad SMARTS) is 1. The summed E-state index contributed by atoms with van der Waals surface area (Å²) >= 11 is 1.74. The SMILES string of the molecule is CCCCCC(C)(CCCC)SC[C@H](N)C(=O)O. The first-order valence-corrected chi connectivity index (χ1v) is 8.06. The number of hydrogen-bond acceptors (Lipinski definition) is 3. The van der Waals surface area contributed by atoms with Crippen molar-refractivity contribution in [3.05, 3.63) is 0 Å². The van der Waals surface area contributed by atoms with Crippen LogP contribution in [0.15, 0.2) is 0 Å². The molecule has 0 aliphatic heterocycles. The van der Waals surface area contributed by atoms with Crippen LogP contribution in [0.3, 0.4) is 0 Å². The number of rotatable bonds is 11. The van der Waals surface area contributed by atoms with Gasteiger partial charge in [0.2, 0.25) is 0 Å². The van der Waals surface area contributed by atoms with E-state index in [1.807, 2.05) is 0 Å². The molecule has 0 rings (SSSR count). The van der Waals surface area contributed by atoms with Gasteiger partial charge in [-0.05, 0) is 12.8 Å². The fourth-order valence-corrected chi connectivity index (χ4v) is 3.23. The van der Waals surface area contributed by atoms with E-state index in [0.717, 1.165) is 12.8 Å². The third-order valence-corrected chi connectivity index (χ3v) is 4.93. The van der Waals surface area contributed by atoms with E-state index < -0.39 is 12.0 Å². The zero-order chi connectivity index (χ0) is 14.0. The molecular weight excluding hydrogens is 246 g/mol. The van der Waals surface area contributed by atoms with Crippen LogP contribution in [0.5, 0.6) is 0 Å². The molecule has 3 nitrogen and oxygen atoms in total. The van der Waals surface area contributed by atoms with Crippen LogP contribution in [0.1, 0.15) is 65.7 Å². The van der Waals surface area contributed by atoms with Crippen LogP contribution in [0.25, 0.3) is 0 Å². The highest BCUT2D eigenvalue weighted by Crippen LogP contribution is 2.36. The van der Waals surface area contributed by atoms with Gasteiger partial charge in [0.15, 0.2) is 0 Å². The van der Waals surface area contributed by atoms with Crippen molar-refractivity contribution in [2.45, 2.75) is 76.5 Å². The molecule has 0 fully saturated rings. The van der Waals surface area contributed by atoms with Crippen molar-refractivity contribution in [3.8, 4) is 0 Å². The van der Waals surface area contributed by atoms with Crippen molar-refractivity contribution >= 4 is 17.7 Å². The minimum atomic E-state index is -0.895. The van der Waals surface area contributed by atoms with Crippen LogP contribution in [-0.4, -0.2) is 27.6 Å². The molecule has 0 saturated heterocycles. The number of thioether (sulfide) groups is 1. The maximum Gasteiger partial charge on any atom is 0.321 e. The molecule has 0 aromatic carbocycles. The number of aliphatic carboxylic acids is 1. The summed E-state index contributed by atoms with van der Waals surface area (Å²) in [5.41, 5.74) is 5.59. The van der Waals surface area contributed by atoms with Gasteiger partial charge in [0, 0.05) is 10.5 Å². The Labute approximate surface area is 116 Å². The third kappa shape index (κ3) is 7.98. The van der Waals surface area contributed by atoms with E-state index in [0.29, 0.717) is 5.75 Å². The molecule has 0 aromatic rings. The van der Waals surface area contributed by atoms with E-state index in [2.05, 4.69) is 20.8 Å². The van der Waals surface area contributed by atoms with E-state index in [1.54, 1.807) is 11.8 Å². The molecule has 0 aliphatic rings. The smallest absolute Gasteiger partial charge is 0.321 e. The van der Waals surface area contributed by atoms with Crippen molar-refractivity contribution in [2.75, 3.05) is 5.75 Å². The van der Waals surface area contributed by atoms with E-state index >= 15 is 0 Å². The number of hydrogen-bond donors (Lipinski definition) is 2. The first-order valence-electron chi connectivity index (χ1n) is 7.07. The second-order valence-corrected chi connectivity index (χ2v) is 6.87. The number of carbonyl (C=O) groups is 1. The standard InChI is InChI=1S/C14H29NO2S/c1-4-6-8-10-14(3,9-7-5-2)18-11-12(15)13(16)17/h12H,4-11,15H2,1-3H3,(H,16,17)/t12-,14?/m0/s1. The van der Waals surface area contributed by atoms with Gasteiger partial charge in [0.1, 0.15) is 6.04 Å². The summed E-state index contributed by atoms with van der Waals surface area (Å²) in [6, 6.07) is -0.734. The second kappa shape index (κ2) is 9.68. The van der Waals surface area contributed by atoms with Gasteiger partial charge in [-0.1, -0.05) is 52.9 Å². The quantitative estimate of drug-likeness (QED) is 0.565. The fraction of sp³-hybridized carbons (Fsp3) is 0.929. The lowest BCUT2D eigenvalue weighted by Crippen LogP contribution is -2.35. The summed E-state index contributed by atoms with van der Waals surface area (Å²) in [4.78, 5) is 10.8. The predicted octanol–water partition coefficient (Wildman–Crippen LogP) is 3.66. The van der Waals surface area contributed by atoms with Gasteiger partial charge in [-0.25, -0.2) is 0 Å². The lowest BCUT2D eigenvalue weighted by Gasteiger charge is -2.30. The molecule has 0 bridgehead atoms. The summed E-state index contributed by atoms with van der Waals surface area (Å²) in [6.07, 6.45) is 8.43. The first-order chi connectivity index (χ1) is 8.45. The van der Waals surface area contributed by atoms with E-state index in [4.69, 9.17) is 10.8 Å². The average molecular weight is 275 g/mol. The van der Waals surface area contributed by atoms with Crippen molar-refractivity contribution < 1.29 is 9.90 Å². The molecule has 18 heavy (non-hydrogen) atoms. The van der Waals surface area contributed by atoms with E-state index in [1.165, 1.54) is 32.1 Å². The van der Waals surface area contributed by atoms with Crippen LogP contribution in [0.2, 0.25) is 0 Å². The zero-order valence-electron chi connectivity index (χ0n) is 12.1. The molecule has 0 aromatic heterocycles. The van der Waals surface area contributed by atoms with Crippen LogP contribution >= 0.6 is 11.8 Å². The summed E-state index contributed by atoms with van der Waals surface area (Å²) < 4.78 is 0.193. The Hall–Kier alpha value is -0.220. The molecule has 0 heterocycles. The molecule has 0 saturated carbocycles. The normalized spacial score (nSPS) is 16.2. The van der Waals surface area contributed by atoms with Crippen molar-refractivity contribution in [1.82, 2.24) is 0 Å². The van der Waals surface area contributed by atoms with Gasteiger partial charge >= 0.3 is 5.97 Å². The van der Waals surface area contributed by atoms with Crippen LogP contribution in [0.4, 0.5) is 0 Å². The number of nitrogens with two attached hydrogens (primary N) is 1. The second-order valence-electron chi connectivity index (χ2n) is 5.27. The molecule has 108 valence electrons. The predicted molar refractivity (Wildman–Crippen MR) is 80.1 cm³/mol. The molecular formula is C14H29NO2S. The molecule has 3 N–H and O–H groups in total. The molecule has 4 heteroatoms. The fourth-order valence-electron chi connectivity index (χ4n) is 1.93. The monoisotopic (exact) mass is 275 g/mol. The molecule has 0 aliphatic carbocycles. The van der Waals surface area contributed by atoms with Gasteiger partial charge < -0.3 is 10.8 Å². The maximum atomic E-state index is 10.8. The summed E-state index contributed by atoms with van der Waals surface area (Å²) in [6.45, 7) is 6.66. The largest absolute Gasteiger partial charge is 0.480 e. The van der Waals surface area contributed by atoms with Gasteiger partial charge in [0.05, 0.1) is 0 Å². The molecule has 0 radical (unpaired) electrons. The Morgan fingerprint density at radius 1 is 1.22 bits per heavy atom. The minimum absolute atomic E-state index is 0.193. The summed E-state index contributed by atoms with van der Waals surface area (Å²) in [5.74, 6) is -0.379. The summed E-state index contributed by atoms with van der Waals surface area (Å²) in [5, 5.41) is 8.83. The van der Waals surface area contributed by atoms with Gasteiger partial charge in [-0.3, -0.25) is 4.79 Å².